The summed E-state index contributed by atoms with van der Waals surface area (Å²) in [4.78, 5) is 0. The van der Waals surface area contributed by atoms with Crippen LogP contribution >= 0.6 is 12.4 Å². The van der Waals surface area contributed by atoms with Gasteiger partial charge < -0.3 is 5.73 Å². The lowest BCUT2D eigenvalue weighted by Crippen LogP contribution is -2.26. The molecular weight excluding hydrogens is 218 g/mol. The van der Waals surface area contributed by atoms with Gasteiger partial charge in [-0.2, -0.15) is 0 Å². The quantitative estimate of drug-likeness (QED) is 0.822. The van der Waals surface area contributed by atoms with Gasteiger partial charge in [0.1, 0.15) is 0 Å². The van der Waals surface area contributed by atoms with E-state index in [4.69, 9.17) is 5.73 Å². The van der Waals surface area contributed by atoms with E-state index < -0.39 is 0 Å². The molecule has 2 heteroatoms. The molecule has 0 aliphatic rings. The van der Waals surface area contributed by atoms with Crippen molar-refractivity contribution in [2.24, 2.45) is 11.1 Å². The minimum Gasteiger partial charge on any atom is -0.324 e. The lowest BCUT2D eigenvalue weighted by Gasteiger charge is -2.27. The molecule has 0 unspecified atom stereocenters. The van der Waals surface area contributed by atoms with Crippen molar-refractivity contribution in [1.82, 2.24) is 0 Å². The maximum atomic E-state index is 6.20. The van der Waals surface area contributed by atoms with E-state index in [1.807, 2.05) is 0 Å². The molecule has 1 aromatic rings. The predicted octanol–water partition coefficient (Wildman–Crippen LogP) is 4.28. The predicted molar refractivity (Wildman–Crippen MR) is 74.2 cm³/mol. The zero-order valence-corrected chi connectivity index (χ0v) is 11.8. The number of nitrogens with two attached hydrogens (primary N) is 1. The van der Waals surface area contributed by atoms with E-state index >= 15 is 0 Å². The second-order valence-corrected chi connectivity index (χ2v) is 5.67. The summed E-state index contributed by atoms with van der Waals surface area (Å²) in [5.74, 6) is 0.588. The van der Waals surface area contributed by atoms with Crippen LogP contribution in [-0.4, -0.2) is 0 Å². The molecule has 0 aromatic heterocycles. The van der Waals surface area contributed by atoms with Crippen molar-refractivity contribution < 1.29 is 0 Å². The molecule has 2 N–H and O–H groups in total. The number of benzene rings is 1. The van der Waals surface area contributed by atoms with Crippen LogP contribution in [-0.2, 0) is 0 Å². The van der Waals surface area contributed by atoms with Crippen LogP contribution in [0, 0.1) is 5.41 Å². The van der Waals surface area contributed by atoms with Crippen molar-refractivity contribution in [3.8, 4) is 0 Å². The summed E-state index contributed by atoms with van der Waals surface area (Å²) < 4.78 is 0. The van der Waals surface area contributed by atoms with Crippen LogP contribution in [0.5, 0.6) is 0 Å². The third-order valence-corrected chi connectivity index (χ3v) is 2.90. The molecule has 0 aliphatic heterocycles. The van der Waals surface area contributed by atoms with E-state index in [1.165, 1.54) is 11.1 Å². The lowest BCUT2D eigenvalue weighted by molar-refractivity contribution is 0.327. The Labute approximate surface area is 106 Å². The van der Waals surface area contributed by atoms with Gasteiger partial charge in [0.15, 0.2) is 0 Å². The summed E-state index contributed by atoms with van der Waals surface area (Å²) >= 11 is 0. The average Bonchev–Trinajstić information content (AvgIpc) is 2.15. The molecule has 0 heterocycles. The molecule has 0 amide bonds. The van der Waals surface area contributed by atoms with Gasteiger partial charge in [0, 0.05) is 6.04 Å². The highest BCUT2D eigenvalue weighted by molar-refractivity contribution is 5.85. The average molecular weight is 242 g/mol. The van der Waals surface area contributed by atoms with Gasteiger partial charge in [-0.3, -0.25) is 0 Å². The Kier molecular flexibility index (Phi) is 5.51. The van der Waals surface area contributed by atoms with Gasteiger partial charge in [-0.1, -0.05) is 58.9 Å². The Morgan fingerprint density at radius 2 is 1.31 bits per heavy atom. The van der Waals surface area contributed by atoms with E-state index in [9.17, 15) is 0 Å². The van der Waals surface area contributed by atoms with Crippen LogP contribution in [0.4, 0.5) is 0 Å². The van der Waals surface area contributed by atoms with E-state index in [2.05, 4.69) is 58.9 Å². The monoisotopic (exact) mass is 241 g/mol. The van der Waals surface area contributed by atoms with Gasteiger partial charge in [0.2, 0.25) is 0 Å². The summed E-state index contributed by atoms with van der Waals surface area (Å²) in [6.07, 6.45) is 0. The topological polar surface area (TPSA) is 26.0 Å². The molecule has 16 heavy (non-hydrogen) atoms. The first-order valence-electron chi connectivity index (χ1n) is 5.68. The van der Waals surface area contributed by atoms with Crippen LogP contribution < -0.4 is 5.73 Å². The molecule has 1 rings (SSSR count). The zero-order valence-electron chi connectivity index (χ0n) is 10.9. The van der Waals surface area contributed by atoms with E-state index in [0.29, 0.717) is 5.92 Å². The van der Waals surface area contributed by atoms with Crippen molar-refractivity contribution in [2.45, 2.75) is 46.6 Å². The lowest BCUT2D eigenvalue weighted by atomic mass is 9.82. The van der Waals surface area contributed by atoms with E-state index in [1.54, 1.807) is 0 Å². The first-order chi connectivity index (χ1) is 6.82. The van der Waals surface area contributed by atoms with Gasteiger partial charge in [-0.25, -0.2) is 0 Å². The van der Waals surface area contributed by atoms with Crippen molar-refractivity contribution in [1.29, 1.82) is 0 Å². The Bertz CT molecular complexity index is 309. The molecule has 0 radical (unpaired) electrons. The van der Waals surface area contributed by atoms with Gasteiger partial charge in [0.25, 0.3) is 0 Å². The zero-order chi connectivity index (χ0) is 11.6. The Morgan fingerprint density at radius 1 is 0.938 bits per heavy atom. The smallest absolute Gasteiger partial charge is 0.0344 e. The molecule has 1 aromatic carbocycles. The third-order valence-electron chi connectivity index (χ3n) is 2.90. The highest BCUT2D eigenvalue weighted by Crippen LogP contribution is 2.30. The molecule has 0 fully saturated rings. The van der Waals surface area contributed by atoms with Crippen molar-refractivity contribution in [2.75, 3.05) is 0 Å². The normalized spacial score (nSPS) is 13.4. The fourth-order valence-electron chi connectivity index (χ4n) is 1.59. The molecule has 0 saturated carbocycles. The fourth-order valence-corrected chi connectivity index (χ4v) is 1.59. The molecule has 1 atom stereocenters. The third kappa shape index (κ3) is 3.80. The van der Waals surface area contributed by atoms with Crippen LogP contribution in [0.3, 0.4) is 0 Å². The summed E-state index contributed by atoms with van der Waals surface area (Å²) in [7, 11) is 0. The Hall–Kier alpha value is -0.530. The van der Waals surface area contributed by atoms with Gasteiger partial charge in [-0.15, -0.1) is 12.4 Å². The first kappa shape index (κ1) is 15.5. The van der Waals surface area contributed by atoms with Crippen LogP contribution in [0.1, 0.15) is 57.7 Å². The maximum absolute atomic E-state index is 6.20. The van der Waals surface area contributed by atoms with E-state index in [-0.39, 0.29) is 23.9 Å². The van der Waals surface area contributed by atoms with Crippen molar-refractivity contribution in [3.63, 3.8) is 0 Å². The summed E-state index contributed by atoms with van der Waals surface area (Å²) in [6, 6.07) is 8.80. The van der Waals surface area contributed by atoms with Gasteiger partial charge >= 0.3 is 0 Å². The maximum Gasteiger partial charge on any atom is 0.0344 e. The molecule has 0 aliphatic carbocycles. The summed E-state index contributed by atoms with van der Waals surface area (Å²) in [6.45, 7) is 10.9. The van der Waals surface area contributed by atoms with Crippen LogP contribution in [0.15, 0.2) is 24.3 Å². The van der Waals surface area contributed by atoms with Crippen LogP contribution in [0.2, 0.25) is 0 Å². The Morgan fingerprint density at radius 3 is 1.62 bits per heavy atom. The van der Waals surface area contributed by atoms with E-state index in [0.717, 1.165) is 0 Å². The van der Waals surface area contributed by atoms with Gasteiger partial charge in [-0.05, 0) is 22.5 Å². The highest BCUT2D eigenvalue weighted by Gasteiger charge is 2.21. The summed E-state index contributed by atoms with van der Waals surface area (Å²) in [5.41, 5.74) is 8.93. The minimum absolute atomic E-state index is 0. The number of hydrogen-bond acceptors (Lipinski definition) is 1. The van der Waals surface area contributed by atoms with Crippen molar-refractivity contribution >= 4 is 12.4 Å². The largest absolute Gasteiger partial charge is 0.324 e. The molecule has 0 saturated heterocycles. The molecular formula is C14H24ClN. The first-order valence-corrected chi connectivity index (χ1v) is 5.68. The second-order valence-electron chi connectivity index (χ2n) is 5.67. The number of halogens is 1. The standard InChI is InChI=1S/C14H23N.ClH/c1-10(2)11-6-8-12(9-7-11)13(15)14(3,4)5;/h6-10,13H,15H2,1-5H3;1H/t13-;/m0./s1. The SMILES string of the molecule is CC(C)c1ccc([C@H](N)C(C)(C)C)cc1.Cl. The molecule has 1 nitrogen and oxygen atoms in total. The van der Waals surface area contributed by atoms with Gasteiger partial charge in [0.05, 0.1) is 0 Å². The number of hydrogen-bond donors (Lipinski definition) is 1. The number of rotatable bonds is 2. The molecule has 0 bridgehead atoms. The van der Waals surface area contributed by atoms with Crippen molar-refractivity contribution in [3.05, 3.63) is 35.4 Å². The minimum atomic E-state index is 0. The molecule has 92 valence electrons. The Balaban J connectivity index is 0.00000225. The highest BCUT2D eigenvalue weighted by atomic mass is 35.5. The second kappa shape index (κ2) is 5.70. The molecule has 0 spiro atoms. The fraction of sp³-hybridized carbons (Fsp3) is 0.571. The van der Waals surface area contributed by atoms with Crippen LogP contribution in [0.25, 0.3) is 0 Å². The summed E-state index contributed by atoms with van der Waals surface area (Å²) in [5, 5.41) is 0.